The molecule has 0 aromatic heterocycles. The van der Waals surface area contributed by atoms with E-state index in [9.17, 15) is 9.18 Å². The van der Waals surface area contributed by atoms with Crippen molar-refractivity contribution >= 4 is 11.6 Å². The summed E-state index contributed by atoms with van der Waals surface area (Å²) in [4.78, 5) is 11.2. The topological polar surface area (TPSA) is 41.1 Å². The average molecular weight is 222 g/mol. The van der Waals surface area contributed by atoms with Crippen LogP contribution in [-0.4, -0.2) is 12.5 Å². The Labute approximate surface area is 94.0 Å². The summed E-state index contributed by atoms with van der Waals surface area (Å²) >= 11 is 0. The van der Waals surface area contributed by atoms with Gasteiger partial charge in [0.15, 0.2) is 0 Å². The highest BCUT2D eigenvalue weighted by Crippen LogP contribution is 2.24. The van der Waals surface area contributed by atoms with Gasteiger partial charge in [0.05, 0.1) is 5.69 Å². The van der Waals surface area contributed by atoms with E-state index in [1.54, 1.807) is 13.0 Å². The van der Waals surface area contributed by atoms with Crippen LogP contribution in [0.25, 0.3) is 0 Å². The smallest absolute Gasteiger partial charge is 0.224 e. The Morgan fingerprint density at radius 2 is 2.38 bits per heavy atom. The van der Waals surface area contributed by atoms with E-state index in [2.05, 4.69) is 10.6 Å². The van der Waals surface area contributed by atoms with Crippen LogP contribution in [0.15, 0.2) is 12.1 Å². The molecule has 86 valence electrons. The first-order valence-corrected chi connectivity index (χ1v) is 5.53. The van der Waals surface area contributed by atoms with Gasteiger partial charge in [-0.15, -0.1) is 0 Å². The number of carbonyl (C=O) groups is 1. The van der Waals surface area contributed by atoms with Gasteiger partial charge in [0.1, 0.15) is 5.82 Å². The lowest BCUT2D eigenvalue weighted by Crippen LogP contribution is -2.25. The van der Waals surface area contributed by atoms with Gasteiger partial charge in [-0.3, -0.25) is 4.79 Å². The van der Waals surface area contributed by atoms with E-state index >= 15 is 0 Å². The van der Waals surface area contributed by atoms with Gasteiger partial charge in [-0.05, 0) is 30.2 Å². The minimum atomic E-state index is -0.277. The lowest BCUT2D eigenvalue weighted by Gasteiger charge is -2.19. The monoisotopic (exact) mass is 222 g/mol. The predicted molar refractivity (Wildman–Crippen MR) is 60.7 cm³/mol. The number of rotatable bonds is 2. The molecular weight excluding hydrogens is 207 g/mol. The largest absolute Gasteiger partial charge is 0.324 e. The van der Waals surface area contributed by atoms with E-state index in [0.29, 0.717) is 25.1 Å². The van der Waals surface area contributed by atoms with Crippen LogP contribution in [0.2, 0.25) is 0 Å². The van der Waals surface area contributed by atoms with Crippen LogP contribution in [0.3, 0.4) is 0 Å². The minimum Gasteiger partial charge on any atom is -0.324 e. The van der Waals surface area contributed by atoms with E-state index in [1.165, 1.54) is 0 Å². The van der Waals surface area contributed by atoms with E-state index < -0.39 is 0 Å². The average Bonchev–Trinajstić information content (AvgIpc) is 2.33. The molecular formula is C12H15FN2O. The van der Waals surface area contributed by atoms with Gasteiger partial charge in [-0.25, -0.2) is 4.39 Å². The summed E-state index contributed by atoms with van der Waals surface area (Å²) in [5.41, 5.74) is 2.01. The van der Waals surface area contributed by atoms with Crippen molar-refractivity contribution in [2.24, 2.45) is 0 Å². The molecule has 1 aliphatic heterocycles. The van der Waals surface area contributed by atoms with Crippen LogP contribution >= 0.6 is 0 Å². The highest BCUT2D eigenvalue weighted by molar-refractivity contribution is 5.90. The number of nitrogens with one attached hydrogen (secondary N) is 2. The fraction of sp³-hybridized carbons (Fsp3) is 0.417. The van der Waals surface area contributed by atoms with Crippen molar-refractivity contribution in [2.45, 2.75) is 26.3 Å². The maximum absolute atomic E-state index is 14.0. The summed E-state index contributed by atoms with van der Waals surface area (Å²) in [7, 11) is 0. The summed E-state index contributed by atoms with van der Waals surface area (Å²) in [6.45, 7) is 3.24. The first-order chi connectivity index (χ1) is 7.72. The predicted octanol–water partition coefficient (Wildman–Crippen LogP) is 1.82. The molecule has 0 radical (unpaired) electrons. The van der Waals surface area contributed by atoms with E-state index in [-0.39, 0.29) is 11.7 Å². The standard InChI is InChI=1S/C12H15FN2O/c1-2-11(16)15-10-4-3-8-7-14-6-5-9(8)12(10)13/h3-4,14H,2,5-7H2,1H3,(H,15,16). The summed E-state index contributed by atoms with van der Waals surface area (Å²) in [6, 6.07) is 3.50. The normalized spacial score (nSPS) is 14.4. The quantitative estimate of drug-likeness (QED) is 0.801. The van der Waals surface area contributed by atoms with E-state index in [1.807, 2.05) is 6.07 Å². The molecule has 0 fully saturated rings. The number of anilines is 1. The molecule has 0 aliphatic carbocycles. The van der Waals surface area contributed by atoms with Gasteiger partial charge in [0, 0.05) is 13.0 Å². The van der Waals surface area contributed by atoms with E-state index in [0.717, 1.165) is 17.7 Å². The molecule has 0 saturated carbocycles. The Hall–Kier alpha value is -1.42. The highest BCUT2D eigenvalue weighted by Gasteiger charge is 2.16. The SMILES string of the molecule is CCC(=O)Nc1ccc2c(c1F)CCNC2. The fourth-order valence-corrected chi connectivity index (χ4v) is 1.87. The Kier molecular flexibility index (Phi) is 3.19. The first-order valence-electron chi connectivity index (χ1n) is 5.53. The van der Waals surface area contributed by atoms with Crippen LogP contribution in [0.1, 0.15) is 24.5 Å². The number of hydrogen-bond acceptors (Lipinski definition) is 2. The molecule has 1 aromatic rings. The number of hydrogen-bond donors (Lipinski definition) is 2. The summed E-state index contributed by atoms with van der Waals surface area (Å²) in [5.74, 6) is -0.436. The molecule has 16 heavy (non-hydrogen) atoms. The van der Waals surface area contributed by atoms with Crippen molar-refractivity contribution in [1.29, 1.82) is 0 Å². The Bertz CT molecular complexity index is 418. The number of carbonyl (C=O) groups excluding carboxylic acids is 1. The van der Waals surface area contributed by atoms with Gasteiger partial charge in [-0.2, -0.15) is 0 Å². The van der Waals surface area contributed by atoms with Gasteiger partial charge in [0.2, 0.25) is 5.91 Å². The zero-order valence-electron chi connectivity index (χ0n) is 9.27. The third-order valence-electron chi connectivity index (χ3n) is 2.80. The van der Waals surface area contributed by atoms with Crippen LogP contribution in [0, 0.1) is 5.82 Å². The maximum Gasteiger partial charge on any atom is 0.224 e. The zero-order valence-corrected chi connectivity index (χ0v) is 9.27. The van der Waals surface area contributed by atoms with Crippen LogP contribution in [0.5, 0.6) is 0 Å². The van der Waals surface area contributed by atoms with Crippen LogP contribution in [0.4, 0.5) is 10.1 Å². The molecule has 2 N–H and O–H groups in total. The van der Waals surface area contributed by atoms with Crippen molar-refractivity contribution < 1.29 is 9.18 Å². The molecule has 1 heterocycles. The molecule has 0 bridgehead atoms. The molecule has 4 heteroatoms. The second-order valence-electron chi connectivity index (χ2n) is 3.89. The van der Waals surface area contributed by atoms with Crippen LogP contribution < -0.4 is 10.6 Å². The lowest BCUT2D eigenvalue weighted by atomic mass is 9.99. The number of fused-ring (bicyclic) bond motifs is 1. The first kappa shape index (κ1) is 11.1. The Morgan fingerprint density at radius 3 is 3.12 bits per heavy atom. The molecule has 2 rings (SSSR count). The molecule has 1 amide bonds. The Morgan fingerprint density at radius 1 is 1.56 bits per heavy atom. The Balaban J connectivity index is 2.30. The highest BCUT2D eigenvalue weighted by atomic mass is 19.1. The third kappa shape index (κ3) is 2.07. The van der Waals surface area contributed by atoms with E-state index in [4.69, 9.17) is 0 Å². The molecule has 0 saturated heterocycles. The van der Waals surface area contributed by atoms with Gasteiger partial charge in [0.25, 0.3) is 0 Å². The van der Waals surface area contributed by atoms with Crippen molar-refractivity contribution in [3.63, 3.8) is 0 Å². The van der Waals surface area contributed by atoms with Gasteiger partial charge in [-0.1, -0.05) is 13.0 Å². The van der Waals surface area contributed by atoms with Crippen molar-refractivity contribution in [3.05, 3.63) is 29.1 Å². The second-order valence-corrected chi connectivity index (χ2v) is 3.89. The van der Waals surface area contributed by atoms with Crippen molar-refractivity contribution in [1.82, 2.24) is 5.32 Å². The number of halogens is 1. The summed E-state index contributed by atoms with van der Waals surface area (Å²) in [6.07, 6.45) is 1.04. The fourth-order valence-electron chi connectivity index (χ4n) is 1.87. The third-order valence-corrected chi connectivity index (χ3v) is 2.80. The molecule has 1 aliphatic rings. The zero-order chi connectivity index (χ0) is 11.5. The van der Waals surface area contributed by atoms with Crippen LogP contribution in [-0.2, 0) is 17.8 Å². The molecule has 0 unspecified atom stereocenters. The number of amides is 1. The molecule has 1 aromatic carbocycles. The van der Waals surface area contributed by atoms with Crippen molar-refractivity contribution in [3.8, 4) is 0 Å². The number of benzene rings is 1. The summed E-state index contributed by atoms with van der Waals surface area (Å²) in [5, 5.41) is 5.76. The maximum atomic E-state index is 14.0. The van der Waals surface area contributed by atoms with Gasteiger partial charge >= 0.3 is 0 Å². The molecule has 0 atom stereocenters. The lowest BCUT2D eigenvalue weighted by molar-refractivity contribution is -0.115. The van der Waals surface area contributed by atoms with Crippen molar-refractivity contribution in [2.75, 3.05) is 11.9 Å². The molecule has 3 nitrogen and oxygen atoms in total. The summed E-state index contributed by atoms with van der Waals surface area (Å²) < 4.78 is 14.0. The minimum absolute atomic E-state index is 0.159. The van der Waals surface area contributed by atoms with Gasteiger partial charge < -0.3 is 10.6 Å². The molecule has 0 spiro atoms. The second kappa shape index (κ2) is 4.61.